The molecule has 0 aliphatic carbocycles. The Morgan fingerprint density at radius 2 is 1.63 bits per heavy atom. The number of halogens is 4. The number of hydrogen-bond acceptors (Lipinski definition) is 4. The monoisotopic (exact) mass is 326 g/mol. The van der Waals surface area contributed by atoms with E-state index in [1.54, 1.807) is 0 Å². The summed E-state index contributed by atoms with van der Waals surface area (Å²) < 4.78 is 39.0. The molecule has 0 amide bonds. The van der Waals surface area contributed by atoms with E-state index in [1.807, 2.05) is 0 Å². The largest absolute Gasteiger partial charge is 0.342 e. The van der Waals surface area contributed by atoms with Crippen molar-refractivity contribution >= 4 is 21.6 Å². The summed E-state index contributed by atoms with van der Waals surface area (Å²) in [7, 11) is 0. The number of nitrogens with zero attached hydrogens (tertiary/aromatic N) is 3. The molecular formula is C11H2BrF3N4. The number of rotatable bonds is 2. The average molecular weight is 327 g/mol. The third-order valence-electron chi connectivity index (χ3n) is 1.95. The minimum absolute atomic E-state index is 0.274. The van der Waals surface area contributed by atoms with E-state index >= 15 is 0 Å². The van der Waals surface area contributed by atoms with Gasteiger partial charge in [-0.1, -0.05) is 0 Å². The average Bonchev–Trinajstić information content (AvgIpc) is 2.40. The molecule has 1 aromatic rings. The molecule has 0 bridgehead atoms. The summed E-state index contributed by atoms with van der Waals surface area (Å²) in [5.74, 6) is -3.97. The summed E-state index contributed by atoms with van der Waals surface area (Å²) >= 11 is 2.62. The maximum Gasteiger partial charge on any atom is 0.175 e. The molecule has 0 atom stereocenters. The minimum atomic E-state index is -1.42. The lowest BCUT2D eigenvalue weighted by molar-refractivity contribution is 0.492. The van der Waals surface area contributed by atoms with Crippen LogP contribution < -0.4 is 5.32 Å². The lowest BCUT2D eigenvalue weighted by Crippen LogP contribution is -2.05. The highest BCUT2D eigenvalue weighted by Gasteiger charge is 2.19. The Bertz CT molecular complexity index is 676. The molecule has 19 heavy (non-hydrogen) atoms. The first-order chi connectivity index (χ1) is 8.96. The van der Waals surface area contributed by atoms with Crippen LogP contribution >= 0.6 is 15.9 Å². The number of benzene rings is 1. The van der Waals surface area contributed by atoms with Crippen LogP contribution in [0.15, 0.2) is 21.8 Å². The third-order valence-corrected chi connectivity index (χ3v) is 2.69. The fourth-order valence-corrected chi connectivity index (χ4v) is 1.57. The van der Waals surface area contributed by atoms with Gasteiger partial charge in [-0.05, 0) is 15.9 Å². The maximum atomic E-state index is 13.5. The zero-order chi connectivity index (χ0) is 14.6. The van der Waals surface area contributed by atoms with Crippen molar-refractivity contribution in [2.75, 3.05) is 5.32 Å². The second-order valence-corrected chi connectivity index (χ2v) is 3.85. The molecule has 0 radical (unpaired) electrons. The van der Waals surface area contributed by atoms with E-state index in [2.05, 4.69) is 21.2 Å². The van der Waals surface area contributed by atoms with Crippen molar-refractivity contribution in [3.63, 3.8) is 0 Å². The summed E-state index contributed by atoms with van der Waals surface area (Å²) in [5.41, 5.74) is -1.77. The predicted octanol–water partition coefficient (Wildman–Crippen LogP) is 3.10. The van der Waals surface area contributed by atoms with Crippen LogP contribution in [0.4, 0.5) is 18.9 Å². The van der Waals surface area contributed by atoms with E-state index in [9.17, 15) is 13.2 Å². The van der Waals surface area contributed by atoms with Crippen molar-refractivity contribution in [3.8, 4) is 18.2 Å². The van der Waals surface area contributed by atoms with Gasteiger partial charge in [0.05, 0.1) is 10.2 Å². The number of nitrogens with one attached hydrogen (secondary N) is 1. The predicted molar refractivity (Wildman–Crippen MR) is 61.5 cm³/mol. The Morgan fingerprint density at radius 1 is 1.05 bits per heavy atom. The molecule has 0 unspecified atom stereocenters. The molecule has 0 saturated heterocycles. The van der Waals surface area contributed by atoms with Crippen LogP contribution in [-0.4, -0.2) is 0 Å². The van der Waals surface area contributed by atoms with Crippen LogP contribution in [-0.2, 0) is 0 Å². The van der Waals surface area contributed by atoms with Gasteiger partial charge in [-0.15, -0.1) is 0 Å². The summed E-state index contributed by atoms with van der Waals surface area (Å²) in [6, 6.07) is 4.57. The fourth-order valence-electron chi connectivity index (χ4n) is 1.09. The van der Waals surface area contributed by atoms with Gasteiger partial charge in [-0.25, -0.2) is 13.2 Å². The van der Waals surface area contributed by atoms with Gasteiger partial charge in [-0.3, -0.25) is 0 Å². The molecule has 0 fully saturated rings. The highest BCUT2D eigenvalue weighted by atomic mass is 79.9. The summed E-state index contributed by atoms with van der Waals surface area (Å²) in [5, 5.41) is 28.0. The lowest BCUT2D eigenvalue weighted by atomic mass is 10.2. The lowest BCUT2D eigenvalue weighted by Gasteiger charge is -2.09. The molecule has 8 heteroatoms. The van der Waals surface area contributed by atoms with Gasteiger partial charge in [0, 0.05) is 6.07 Å². The van der Waals surface area contributed by atoms with Crippen LogP contribution in [0.5, 0.6) is 0 Å². The first-order valence-electron chi connectivity index (χ1n) is 4.50. The summed E-state index contributed by atoms with van der Waals surface area (Å²) in [6.07, 6.45) is 0. The standard InChI is InChI=1S/C11H2BrF3N4/c12-9-10(15)6(13)1-7(14)11(9)19-8(4-18)5(2-16)3-17/h1,19H. The molecule has 0 saturated carbocycles. The van der Waals surface area contributed by atoms with Gasteiger partial charge < -0.3 is 5.32 Å². The highest BCUT2D eigenvalue weighted by molar-refractivity contribution is 9.10. The smallest absolute Gasteiger partial charge is 0.175 e. The van der Waals surface area contributed by atoms with Gasteiger partial charge >= 0.3 is 0 Å². The van der Waals surface area contributed by atoms with Gasteiger partial charge in [-0.2, -0.15) is 15.8 Å². The molecular weight excluding hydrogens is 325 g/mol. The second-order valence-electron chi connectivity index (χ2n) is 3.05. The van der Waals surface area contributed by atoms with Crippen molar-refractivity contribution in [2.24, 2.45) is 0 Å². The minimum Gasteiger partial charge on any atom is -0.342 e. The first kappa shape index (κ1) is 14.6. The molecule has 1 N–H and O–H groups in total. The fraction of sp³-hybridized carbons (Fsp3) is 0. The van der Waals surface area contributed by atoms with E-state index < -0.39 is 38.9 Å². The van der Waals surface area contributed by atoms with Crippen molar-refractivity contribution in [2.45, 2.75) is 0 Å². The molecule has 0 heterocycles. The van der Waals surface area contributed by atoms with Crippen LogP contribution in [0.3, 0.4) is 0 Å². The number of anilines is 1. The number of allylic oxidation sites excluding steroid dienone is 2. The molecule has 0 aliphatic heterocycles. The zero-order valence-electron chi connectivity index (χ0n) is 8.93. The maximum absolute atomic E-state index is 13.5. The van der Waals surface area contributed by atoms with Gasteiger partial charge in [0.1, 0.15) is 23.9 Å². The van der Waals surface area contributed by atoms with Crippen LogP contribution in [0.2, 0.25) is 0 Å². The van der Waals surface area contributed by atoms with E-state index in [0.717, 1.165) is 0 Å². The molecule has 4 nitrogen and oxygen atoms in total. The van der Waals surface area contributed by atoms with Gasteiger partial charge in [0.25, 0.3) is 0 Å². The normalized spacial score (nSPS) is 8.89. The van der Waals surface area contributed by atoms with Crippen LogP contribution in [0, 0.1) is 51.4 Å². The van der Waals surface area contributed by atoms with Crippen molar-refractivity contribution in [3.05, 3.63) is 39.3 Å². The Balaban J connectivity index is 3.41. The van der Waals surface area contributed by atoms with Crippen LogP contribution in [0.25, 0.3) is 0 Å². The van der Waals surface area contributed by atoms with Crippen molar-refractivity contribution in [1.82, 2.24) is 0 Å². The van der Waals surface area contributed by atoms with E-state index in [0.29, 0.717) is 0 Å². The van der Waals surface area contributed by atoms with Crippen molar-refractivity contribution < 1.29 is 13.2 Å². The number of hydrogen-bond donors (Lipinski definition) is 1. The Kier molecular flexibility index (Phi) is 4.52. The molecule has 0 aromatic heterocycles. The van der Waals surface area contributed by atoms with Gasteiger partial charge in [0.15, 0.2) is 23.0 Å². The zero-order valence-corrected chi connectivity index (χ0v) is 10.5. The molecule has 94 valence electrons. The third kappa shape index (κ3) is 2.85. The quantitative estimate of drug-likeness (QED) is 0.514. The van der Waals surface area contributed by atoms with Gasteiger partial charge in [0.2, 0.25) is 0 Å². The Hall–Kier alpha value is -2.50. The molecule has 0 spiro atoms. The number of nitriles is 3. The SMILES string of the molecule is N#CC(C#N)=C(C#N)Nc1c(F)cc(F)c(F)c1Br. The van der Waals surface area contributed by atoms with E-state index in [-0.39, 0.29) is 6.07 Å². The van der Waals surface area contributed by atoms with E-state index in [1.165, 1.54) is 18.2 Å². The second kappa shape index (κ2) is 5.90. The molecule has 1 rings (SSSR count). The first-order valence-corrected chi connectivity index (χ1v) is 5.30. The Morgan fingerprint density at radius 3 is 2.11 bits per heavy atom. The van der Waals surface area contributed by atoms with Crippen molar-refractivity contribution in [1.29, 1.82) is 15.8 Å². The van der Waals surface area contributed by atoms with Crippen LogP contribution in [0.1, 0.15) is 0 Å². The highest BCUT2D eigenvalue weighted by Crippen LogP contribution is 2.31. The molecule has 1 aromatic carbocycles. The van der Waals surface area contributed by atoms with E-state index in [4.69, 9.17) is 15.8 Å². The topological polar surface area (TPSA) is 83.4 Å². The Labute approximate surface area is 114 Å². The molecule has 0 aliphatic rings. The summed E-state index contributed by atoms with van der Waals surface area (Å²) in [4.78, 5) is 0. The summed E-state index contributed by atoms with van der Waals surface area (Å²) in [6.45, 7) is 0.